The van der Waals surface area contributed by atoms with Crippen molar-refractivity contribution in [1.82, 2.24) is 4.98 Å². The molecule has 0 radical (unpaired) electrons. The smallest absolute Gasteiger partial charge is 0.163 e. The number of nitrogens with zero attached hydrogens (tertiary/aromatic N) is 1. The molecule has 1 aliphatic carbocycles. The fraction of sp³-hybridized carbons (Fsp3) is 0.231. The van der Waals surface area contributed by atoms with E-state index in [1.807, 2.05) is 24.4 Å². The third-order valence-electron chi connectivity index (χ3n) is 2.86. The first kappa shape index (κ1) is 10.5. The molecule has 86 valence electrons. The third-order valence-corrected chi connectivity index (χ3v) is 3.62. The molecule has 4 heteroatoms. The van der Waals surface area contributed by atoms with Crippen molar-refractivity contribution in [2.45, 2.75) is 19.4 Å². The van der Waals surface area contributed by atoms with Crippen molar-refractivity contribution in [2.75, 3.05) is 0 Å². The Morgan fingerprint density at radius 2 is 2.29 bits per heavy atom. The third kappa shape index (κ3) is 2.08. The van der Waals surface area contributed by atoms with Crippen molar-refractivity contribution in [3.05, 3.63) is 45.9 Å². The maximum absolute atomic E-state index is 11.5. The second-order valence-corrected chi connectivity index (χ2v) is 4.97. The molecular weight excluding hydrogens is 234 g/mol. The molecule has 3 nitrogen and oxygen atoms in total. The number of rotatable bonds is 3. The summed E-state index contributed by atoms with van der Waals surface area (Å²) >= 11 is 1.58. The number of thiazole rings is 1. The zero-order chi connectivity index (χ0) is 11.7. The van der Waals surface area contributed by atoms with E-state index in [4.69, 9.17) is 4.74 Å². The second-order valence-electron chi connectivity index (χ2n) is 4.00. The highest BCUT2D eigenvalue weighted by Gasteiger charge is 2.19. The van der Waals surface area contributed by atoms with Gasteiger partial charge in [0.1, 0.15) is 12.4 Å². The van der Waals surface area contributed by atoms with E-state index in [9.17, 15) is 4.79 Å². The quantitative estimate of drug-likeness (QED) is 0.834. The molecule has 2 aromatic rings. The van der Waals surface area contributed by atoms with Crippen LogP contribution in [0.2, 0.25) is 0 Å². The van der Waals surface area contributed by atoms with Crippen LogP contribution in [-0.4, -0.2) is 10.8 Å². The lowest BCUT2D eigenvalue weighted by Gasteiger charge is -2.06. The van der Waals surface area contributed by atoms with Gasteiger partial charge in [-0.15, -0.1) is 11.3 Å². The Kier molecular flexibility index (Phi) is 2.65. The molecule has 0 unspecified atom stereocenters. The number of hydrogen-bond acceptors (Lipinski definition) is 4. The van der Waals surface area contributed by atoms with Crippen molar-refractivity contribution < 1.29 is 9.53 Å². The summed E-state index contributed by atoms with van der Waals surface area (Å²) in [5.74, 6) is 1.07. The number of Topliss-reactive ketones (excluding diaryl/α,β-unsaturated/α-hetero) is 1. The van der Waals surface area contributed by atoms with Gasteiger partial charge in [0.25, 0.3) is 0 Å². The molecule has 3 rings (SSSR count). The van der Waals surface area contributed by atoms with Crippen molar-refractivity contribution in [3.63, 3.8) is 0 Å². The molecule has 1 heterocycles. The molecule has 0 N–H and O–H groups in total. The highest BCUT2D eigenvalue weighted by molar-refractivity contribution is 7.09. The number of benzene rings is 1. The highest BCUT2D eigenvalue weighted by atomic mass is 32.1. The Balaban J connectivity index is 1.74. The maximum Gasteiger partial charge on any atom is 0.163 e. The maximum atomic E-state index is 11.5. The zero-order valence-electron chi connectivity index (χ0n) is 9.18. The van der Waals surface area contributed by atoms with E-state index in [1.54, 1.807) is 16.8 Å². The van der Waals surface area contributed by atoms with Crippen LogP contribution in [0.4, 0.5) is 0 Å². The molecule has 1 aliphatic rings. The Hall–Kier alpha value is -1.68. The average molecular weight is 245 g/mol. The van der Waals surface area contributed by atoms with Crippen molar-refractivity contribution in [3.8, 4) is 5.75 Å². The Bertz CT molecular complexity index is 549. The first-order chi connectivity index (χ1) is 8.33. The standard InChI is InChI=1S/C13H11NO2S/c15-13-4-1-9-5-10(2-3-12(9)13)16-7-11-6-14-8-17-11/h2-3,5-6,8H,1,4,7H2. The van der Waals surface area contributed by atoms with Crippen LogP contribution in [-0.2, 0) is 13.0 Å². The minimum atomic E-state index is 0.244. The first-order valence-corrected chi connectivity index (χ1v) is 6.37. The minimum absolute atomic E-state index is 0.244. The van der Waals surface area contributed by atoms with Gasteiger partial charge in [-0.25, -0.2) is 0 Å². The second kappa shape index (κ2) is 4.30. The first-order valence-electron chi connectivity index (χ1n) is 5.49. The van der Waals surface area contributed by atoms with E-state index in [2.05, 4.69) is 4.98 Å². The summed E-state index contributed by atoms with van der Waals surface area (Å²) in [5, 5.41) is 0. The van der Waals surface area contributed by atoms with Gasteiger partial charge in [-0.1, -0.05) is 0 Å². The normalized spacial score (nSPS) is 13.8. The van der Waals surface area contributed by atoms with Crippen LogP contribution in [0.5, 0.6) is 5.75 Å². The van der Waals surface area contributed by atoms with E-state index < -0.39 is 0 Å². The lowest BCUT2D eigenvalue weighted by molar-refractivity contribution is 0.0994. The Labute approximate surface area is 103 Å². The summed E-state index contributed by atoms with van der Waals surface area (Å²) in [6.45, 7) is 0.539. The number of ether oxygens (including phenoxy) is 1. The van der Waals surface area contributed by atoms with Crippen LogP contribution in [0.15, 0.2) is 29.9 Å². The molecular formula is C13H11NO2S. The van der Waals surface area contributed by atoms with E-state index in [1.165, 1.54) is 0 Å². The van der Waals surface area contributed by atoms with Crippen LogP contribution in [0.1, 0.15) is 27.2 Å². The largest absolute Gasteiger partial charge is 0.488 e. The van der Waals surface area contributed by atoms with Crippen LogP contribution in [0.25, 0.3) is 0 Å². The number of aryl methyl sites for hydroxylation is 1. The number of carbonyl (C=O) groups is 1. The molecule has 0 atom stereocenters. The van der Waals surface area contributed by atoms with Crippen LogP contribution >= 0.6 is 11.3 Å². The monoisotopic (exact) mass is 245 g/mol. The summed E-state index contributed by atoms with van der Waals surface area (Å²) < 4.78 is 5.67. The van der Waals surface area contributed by atoms with E-state index >= 15 is 0 Å². The van der Waals surface area contributed by atoms with Crippen LogP contribution in [0, 0.1) is 0 Å². The van der Waals surface area contributed by atoms with Crippen molar-refractivity contribution in [1.29, 1.82) is 0 Å². The van der Waals surface area contributed by atoms with E-state index in [0.29, 0.717) is 13.0 Å². The number of fused-ring (bicyclic) bond motifs is 1. The Morgan fingerprint density at radius 3 is 3.12 bits per heavy atom. The van der Waals surface area contributed by atoms with Gasteiger partial charge in [0.2, 0.25) is 0 Å². The van der Waals surface area contributed by atoms with Gasteiger partial charge >= 0.3 is 0 Å². The zero-order valence-corrected chi connectivity index (χ0v) is 10.00. The number of hydrogen-bond donors (Lipinski definition) is 0. The topological polar surface area (TPSA) is 39.2 Å². The highest BCUT2D eigenvalue weighted by Crippen LogP contribution is 2.26. The molecule has 17 heavy (non-hydrogen) atoms. The predicted octanol–water partition coefficient (Wildman–Crippen LogP) is 2.85. The lowest BCUT2D eigenvalue weighted by Crippen LogP contribution is -1.95. The SMILES string of the molecule is O=C1CCc2cc(OCc3cncs3)ccc21. The fourth-order valence-electron chi connectivity index (χ4n) is 1.99. The molecule has 0 spiro atoms. The summed E-state index contributed by atoms with van der Waals surface area (Å²) in [7, 11) is 0. The average Bonchev–Trinajstić information content (AvgIpc) is 2.97. The number of carbonyl (C=O) groups excluding carboxylic acids is 1. The molecule has 0 amide bonds. The summed E-state index contributed by atoms with van der Waals surface area (Å²) in [4.78, 5) is 16.6. The van der Waals surface area contributed by atoms with Crippen molar-refractivity contribution in [2.24, 2.45) is 0 Å². The predicted molar refractivity (Wildman–Crippen MR) is 65.5 cm³/mol. The van der Waals surface area contributed by atoms with Gasteiger partial charge in [0.05, 0.1) is 10.4 Å². The van der Waals surface area contributed by atoms with Gasteiger partial charge in [-0.05, 0) is 30.2 Å². The number of ketones is 1. The van der Waals surface area contributed by atoms with Crippen molar-refractivity contribution >= 4 is 17.1 Å². The molecule has 0 saturated carbocycles. The van der Waals surface area contributed by atoms with Crippen LogP contribution < -0.4 is 4.74 Å². The van der Waals surface area contributed by atoms with Gasteiger partial charge < -0.3 is 4.74 Å². The van der Waals surface area contributed by atoms with Gasteiger partial charge in [-0.3, -0.25) is 9.78 Å². The Morgan fingerprint density at radius 1 is 1.35 bits per heavy atom. The van der Waals surface area contributed by atoms with E-state index in [0.717, 1.165) is 28.2 Å². The molecule has 1 aromatic carbocycles. The molecule has 1 aromatic heterocycles. The van der Waals surface area contributed by atoms with E-state index in [-0.39, 0.29) is 5.78 Å². The molecule has 0 bridgehead atoms. The van der Waals surface area contributed by atoms with Gasteiger partial charge in [0, 0.05) is 18.2 Å². The number of aromatic nitrogens is 1. The molecule has 0 fully saturated rings. The molecule has 0 saturated heterocycles. The lowest BCUT2D eigenvalue weighted by atomic mass is 10.1. The summed E-state index contributed by atoms with van der Waals surface area (Å²) in [6.07, 6.45) is 3.28. The summed E-state index contributed by atoms with van der Waals surface area (Å²) in [5.41, 5.74) is 3.76. The fourth-order valence-corrected chi connectivity index (χ4v) is 2.50. The summed E-state index contributed by atoms with van der Waals surface area (Å²) in [6, 6.07) is 5.71. The van der Waals surface area contributed by atoms with Gasteiger partial charge in [0.15, 0.2) is 5.78 Å². The van der Waals surface area contributed by atoms with Crippen LogP contribution in [0.3, 0.4) is 0 Å². The molecule has 0 aliphatic heterocycles. The van der Waals surface area contributed by atoms with Gasteiger partial charge in [-0.2, -0.15) is 0 Å². The minimum Gasteiger partial charge on any atom is -0.488 e.